The van der Waals surface area contributed by atoms with Crippen LogP contribution < -0.4 is 15.0 Å². The van der Waals surface area contributed by atoms with E-state index in [1.165, 1.54) is 24.5 Å². The summed E-state index contributed by atoms with van der Waals surface area (Å²) in [6.07, 6.45) is 4.55. The second-order valence-electron chi connectivity index (χ2n) is 12.3. The maximum atomic E-state index is 15.2. The van der Waals surface area contributed by atoms with E-state index in [4.69, 9.17) is 4.74 Å². The van der Waals surface area contributed by atoms with E-state index in [9.17, 15) is 9.18 Å². The standard InChI is InChI=1S/C29H41F2N7O2/c1-20(2)38(21(3)4)27(39)23-15-22(30)5-6-24(23)40-26-25(33-19-34-35-26)37-16-28(17-37)9-13-36(14-10-28)18-29(31)7-11-32-12-8-29/h5-6,15,19-21,32H,7-14,16-18H2,1-4H3. The fourth-order valence-corrected chi connectivity index (χ4v) is 6.46. The van der Waals surface area contributed by atoms with Crippen molar-refractivity contribution in [3.8, 4) is 11.6 Å². The average Bonchev–Trinajstić information content (AvgIpc) is 2.89. The summed E-state index contributed by atoms with van der Waals surface area (Å²) in [4.78, 5) is 24.0. The van der Waals surface area contributed by atoms with Gasteiger partial charge in [-0.1, -0.05) is 0 Å². The summed E-state index contributed by atoms with van der Waals surface area (Å²) < 4.78 is 35.6. The Kier molecular flexibility index (Phi) is 8.24. The molecule has 11 heteroatoms. The number of hydrogen-bond acceptors (Lipinski definition) is 8. The molecule has 9 nitrogen and oxygen atoms in total. The predicted octanol–water partition coefficient (Wildman–Crippen LogP) is 4.06. The third kappa shape index (κ3) is 6.05. The summed E-state index contributed by atoms with van der Waals surface area (Å²) in [5.41, 5.74) is -0.796. The van der Waals surface area contributed by atoms with Gasteiger partial charge in [0, 0.05) is 37.1 Å². The van der Waals surface area contributed by atoms with Crippen molar-refractivity contribution in [2.75, 3.05) is 50.7 Å². The second kappa shape index (κ2) is 11.5. The Morgan fingerprint density at radius 3 is 2.42 bits per heavy atom. The van der Waals surface area contributed by atoms with E-state index in [1.54, 1.807) is 4.90 Å². The molecule has 1 aromatic heterocycles. The van der Waals surface area contributed by atoms with Crippen molar-refractivity contribution in [2.24, 2.45) is 5.41 Å². The van der Waals surface area contributed by atoms with Crippen LogP contribution in [-0.4, -0.2) is 94.5 Å². The monoisotopic (exact) mass is 557 g/mol. The zero-order chi connectivity index (χ0) is 28.5. The zero-order valence-electron chi connectivity index (χ0n) is 24.0. The van der Waals surface area contributed by atoms with Crippen LogP contribution in [0.2, 0.25) is 0 Å². The van der Waals surface area contributed by atoms with Crippen molar-refractivity contribution >= 4 is 11.7 Å². The van der Waals surface area contributed by atoms with Gasteiger partial charge < -0.3 is 24.8 Å². The van der Waals surface area contributed by atoms with Crippen molar-refractivity contribution in [1.82, 2.24) is 30.3 Å². The molecule has 2 aromatic rings. The molecule has 0 bridgehead atoms. The number of benzene rings is 1. The third-order valence-corrected chi connectivity index (χ3v) is 8.57. The van der Waals surface area contributed by atoms with Gasteiger partial charge in [0.15, 0.2) is 5.82 Å². The van der Waals surface area contributed by atoms with Crippen LogP contribution in [0.5, 0.6) is 11.6 Å². The first kappa shape index (κ1) is 28.6. The highest BCUT2D eigenvalue weighted by Crippen LogP contribution is 2.45. The van der Waals surface area contributed by atoms with Gasteiger partial charge >= 0.3 is 0 Å². The van der Waals surface area contributed by atoms with E-state index in [0.29, 0.717) is 25.2 Å². The predicted molar refractivity (Wildman–Crippen MR) is 149 cm³/mol. The number of alkyl halides is 1. The zero-order valence-corrected chi connectivity index (χ0v) is 24.0. The van der Waals surface area contributed by atoms with Crippen LogP contribution >= 0.6 is 0 Å². The van der Waals surface area contributed by atoms with Gasteiger partial charge in [-0.25, -0.2) is 13.8 Å². The molecule has 3 fully saturated rings. The molecular weight excluding hydrogens is 516 g/mol. The summed E-state index contributed by atoms with van der Waals surface area (Å²) in [6.45, 7) is 13.1. The molecule has 4 heterocycles. The molecule has 3 aliphatic heterocycles. The van der Waals surface area contributed by atoms with Gasteiger partial charge in [-0.3, -0.25) is 4.79 Å². The van der Waals surface area contributed by atoms with Gasteiger partial charge in [-0.2, -0.15) is 0 Å². The van der Waals surface area contributed by atoms with Gasteiger partial charge in [-0.15, -0.1) is 10.2 Å². The Bertz CT molecular complexity index is 1180. The minimum absolute atomic E-state index is 0.0730. The Morgan fingerprint density at radius 1 is 1.10 bits per heavy atom. The molecule has 1 spiro atoms. The number of ether oxygens (including phenoxy) is 1. The number of hydrogen-bond donors (Lipinski definition) is 1. The molecule has 218 valence electrons. The average molecular weight is 558 g/mol. The summed E-state index contributed by atoms with van der Waals surface area (Å²) in [5, 5.41) is 11.3. The van der Waals surface area contributed by atoms with Crippen LogP contribution in [0.3, 0.4) is 0 Å². The lowest BCUT2D eigenvalue weighted by Gasteiger charge is -2.54. The van der Waals surface area contributed by atoms with Gasteiger partial charge in [0.1, 0.15) is 23.6 Å². The maximum Gasteiger partial charge on any atom is 0.282 e. The molecule has 40 heavy (non-hydrogen) atoms. The summed E-state index contributed by atoms with van der Waals surface area (Å²) in [5.74, 6) is 0.111. The van der Waals surface area contributed by atoms with Crippen molar-refractivity contribution in [1.29, 1.82) is 0 Å². The number of halogens is 2. The first-order valence-corrected chi connectivity index (χ1v) is 14.4. The molecule has 1 aromatic carbocycles. The van der Waals surface area contributed by atoms with Crippen molar-refractivity contribution < 1.29 is 18.3 Å². The molecule has 0 aliphatic carbocycles. The minimum Gasteiger partial charge on any atom is -0.434 e. The van der Waals surface area contributed by atoms with Crippen LogP contribution in [0.4, 0.5) is 14.6 Å². The van der Waals surface area contributed by atoms with E-state index in [-0.39, 0.29) is 40.6 Å². The van der Waals surface area contributed by atoms with E-state index >= 15 is 4.39 Å². The Balaban J connectivity index is 1.26. The highest BCUT2D eigenvalue weighted by atomic mass is 19.1. The molecule has 0 saturated carbocycles. The molecule has 0 radical (unpaired) electrons. The van der Waals surface area contributed by atoms with Crippen LogP contribution in [-0.2, 0) is 0 Å². The van der Waals surface area contributed by atoms with Crippen LogP contribution in [0, 0.1) is 11.2 Å². The van der Waals surface area contributed by atoms with Crippen molar-refractivity contribution in [3.63, 3.8) is 0 Å². The molecule has 0 unspecified atom stereocenters. The fourth-order valence-electron chi connectivity index (χ4n) is 6.46. The lowest BCUT2D eigenvalue weighted by atomic mass is 9.72. The number of carbonyl (C=O) groups excluding carboxylic acids is 1. The van der Waals surface area contributed by atoms with E-state index in [2.05, 4.69) is 30.3 Å². The number of amides is 1. The summed E-state index contributed by atoms with van der Waals surface area (Å²) in [7, 11) is 0. The third-order valence-electron chi connectivity index (χ3n) is 8.57. The van der Waals surface area contributed by atoms with Gasteiger partial charge in [-0.05, 0) is 97.8 Å². The van der Waals surface area contributed by atoms with Crippen LogP contribution in [0.1, 0.15) is 63.7 Å². The van der Waals surface area contributed by atoms with Crippen LogP contribution in [0.15, 0.2) is 24.5 Å². The first-order valence-electron chi connectivity index (χ1n) is 14.4. The summed E-state index contributed by atoms with van der Waals surface area (Å²) in [6, 6.07) is 3.78. The van der Waals surface area contributed by atoms with Crippen LogP contribution in [0.25, 0.3) is 0 Å². The highest BCUT2D eigenvalue weighted by Gasteiger charge is 2.47. The van der Waals surface area contributed by atoms with E-state index < -0.39 is 11.5 Å². The lowest BCUT2D eigenvalue weighted by molar-refractivity contribution is 0.0173. The van der Waals surface area contributed by atoms with Gasteiger partial charge in [0.05, 0.1) is 5.56 Å². The molecule has 0 atom stereocenters. The highest BCUT2D eigenvalue weighted by molar-refractivity contribution is 5.97. The number of anilines is 1. The molecule has 1 N–H and O–H groups in total. The maximum absolute atomic E-state index is 15.2. The first-order chi connectivity index (χ1) is 19.1. The number of aromatic nitrogens is 3. The number of nitrogens with one attached hydrogen (secondary N) is 1. The number of piperidine rings is 2. The Hall–Kier alpha value is -2.92. The normalized spacial score (nSPS) is 20.6. The molecule has 1 amide bonds. The number of likely N-dealkylation sites (tertiary alicyclic amines) is 1. The molecule has 3 aliphatic rings. The topological polar surface area (TPSA) is 86.7 Å². The SMILES string of the molecule is CC(C)N(C(=O)c1cc(F)ccc1Oc1nncnc1N1CC2(CCN(CC3(F)CCNCC3)CC2)C1)C(C)C. The van der Waals surface area contributed by atoms with E-state index in [1.807, 2.05) is 27.7 Å². The smallest absolute Gasteiger partial charge is 0.282 e. The van der Waals surface area contributed by atoms with E-state index in [0.717, 1.165) is 52.1 Å². The minimum atomic E-state index is -1.08. The largest absolute Gasteiger partial charge is 0.434 e. The second-order valence-corrected chi connectivity index (χ2v) is 12.3. The molecule has 5 rings (SSSR count). The fraction of sp³-hybridized carbons (Fsp3) is 0.655. The Labute approximate surface area is 235 Å². The van der Waals surface area contributed by atoms with Crippen molar-refractivity contribution in [3.05, 3.63) is 35.9 Å². The molecule has 3 saturated heterocycles. The summed E-state index contributed by atoms with van der Waals surface area (Å²) >= 11 is 0. The number of carbonyl (C=O) groups is 1. The molecular formula is C29H41F2N7O2. The van der Waals surface area contributed by atoms with Crippen molar-refractivity contribution in [2.45, 2.75) is 71.1 Å². The van der Waals surface area contributed by atoms with Gasteiger partial charge in [0.25, 0.3) is 11.8 Å². The number of nitrogens with zero attached hydrogens (tertiary/aromatic N) is 6. The van der Waals surface area contributed by atoms with Gasteiger partial charge in [0.2, 0.25) is 0 Å². The number of rotatable bonds is 8. The Morgan fingerprint density at radius 2 is 1.77 bits per heavy atom. The quantitative estimate of drug-likeness (QED) is 0.520. The lowest BCUT2D eigenvalue weighted by Crippen LogP contribution is -2.61.